The number of fused-ring (bicyclic) bond motifs is 6. The van der Waals surface area contributed by atoms with Gasteiger partial charge in [0.2, 0.25) is 0 Å². The maximum Gasteiger partial charge on any atom is 0.279 e. The van der Waals surface area contributed by atoms with Crippen molar-refractivity contribution < 1.29 is 108 Å². The first-order valence-corrected chi connectivity index (χ1v) is 49.0. The number of ether oxygens (including phenoxy) is 8. The molecule has 18 rings (SSSR count). The zero-order valence-corrected chi connectivity index (χ0v) is 85.6. The summed E-state index contributed by atoms with van der Waals surface area (Å²) in [7, 11) is 0. The molecule has 8 heterocycles. The van der Waals surface area contributed by atoms with Gasteiger partial charge in [-0.1, -0.05) is 209 Å². The molecular weight excluding hydrogens is 1730 g/mol. The Morgan fingerprint density at radius 1 is 0.318 bits per heavy atom. The first kappa shape index (κ1) is 122. The van der Waals surface area contributed by atoms with Crippen LogP contribution in [0.1, 0.15) is 311 Å². The number of hydrogen-bond donors (Lipinski definition) is 0. The van der Waals surface area contributed by atoms with Gasteiger partial charge in [-0.05, 0) is 246 Å². The zero-order valence-electron chi connectivity index (χ0n) is 85.6. The van der Waals surface area contributed by atoms with Crippen molar-refractivity contribution in [1.82, 2.24) is 0 Å². The van der Waals surface area contributed by atoms with Crippen LogP contribution in [0, 0.1) is 178 Å². The van der Waals surface area contributed by atoms with Crippen LogP contribution >= 0.6 is 0 Å². The van der Waals surface area contributed by atoms with E-state index in [9.17, 15) is 70.2 Å². The van der Waals surface area contributed by atoms with E-state index in [2.05, 4.69) is 93.5 Å². The van der Waals surface area contributed by atoms with Gasteiger partial charge in [0, 0.05) is 73.4 Å². The number of benzene rings is 4. The highest BCUT2D eigenvalue weighted by molar-refractivity contribution is 5.25. The van der Waals surface area contributed by atoms with Gasteiger partial charge in [-0.2, -0.15) is 0 Å². The van der Waals surface area contributed by atoms with Crippen LogP contribution in [0.4, 0.5) is 70.2 Å². The quantitative estimate of drug-likeness (QED) is 0.161. The third kappa shape index (κ3) is 45.1. The van der Waals surface area contributed by atoms with Crippen molar-refractivity contribution in [3.8, 4) is 0 Å². The van der Waals surface area contributed by atoms with Gasteiger partial charge in [-0.3, -0.25) is 0 Å². The molecule has 8 nitrogen and oxygen atoms in total. The molecular formula is C108H172F16O8. The number of hydrogen-bond acceptors (Lipinski definition) is 8. The number of rotatable bonds is 0. The molecule has 0 radical (unpaired) electrons. The standard InChI is InChI=1S/C8H12F4.C8H14F2.C8H8F2.2C8H14F2.C8H8F2.C8H15F.C8H9F.C8H14O2.C8H16.C8H10.C7H12O3.C7H14O.C6H12O2/c1-5-3-7(9,10)6(2)8(11,12)4-5;2*1-5-3-7(9)6(2)8(10)4-5;1-6-3-4-7(2)8(9,10)5-6;2*1-5-3-4-6(2)8(10)7(5)9;2*1-6-3-4-7(2)8(9)5-6;1-7-3-4-8(2,9-5-7)10-6-7;2*1-7-3-5-8(2)6-4-7;1-6-3-8-7(2,9-4-6)10-5-6;1-6-3-4-7(2)8-5-6;1-5-3-7-6(2)8-4-5/h5-6H,3-4H2,1-2H3;5-8H,3-4H2,1-2H3;3-4H,1-2H3;6-7H,3-5H2,1-2H3;5-8H,3-4H2,1-2H3;3-4H,1-2H3;6-8H,3-5H2,1-2H3;3-5H,1-2H3;3-6H2,1-2H3;7-8H,3-6H2,1-2H3;3-6H,1-2H3;3-5H2,1-2H3;6-7H,3-5H2,1-2H3;5-6H,3-4H2,1-2H3. The minimum Gasteiger partial charge on any atom is -0.378 e. The summed E-state index contributed by atoms with van der Waals surface area (Å²) in [6.45, 7) is 59.2. The molecule has 4 aromatic carbocycles. The largest absolute Gasteiger partial charge is 0.378 e. The van der Waals surface area contributed by atoms with E-state index < -0.39 is 108 Å². The van der Waals surface area contributed by atoms with Crippen LogP contribution in [-0.2, 0) is 37.9 Å². The Hall–Kier alpha value is -4.56. The van der Waals surface area contributed by atoms with Gasteiger partial charge in [0.25, 0.3) is 23.7 Å². The minimum absolute atomic E-state index is 0.0196. The third-order valence-electron chi connectivity index (χ3n) is 27.6. The Morgan fingerprint density at radius 2 is 0.689 bits per heavy atom. The first-order chi connectivity index (χ1) is 61.0. The Morgan fingerprint density at radius 3 is 1.04 bits per heavy atom. The van der Waals surface area contributed by atoms with Crippen LogP contribution in [0.5, 0.6) is 0 Å². The summed E-state index contributed by atoms with van der Waals surface area (Å²) in [6, 6.07) is 19.5. The normalized spacial score (nSPS) is 35.2. The lowest BCUT2D eigenvalue weighted by molar-refractivity contribution is -0.457. The molecule has 132 heavy (non-hydrogen) atoms. The minimum atomic E-state index is -3.21. The molecule has 13 unspecified atom stereocenters. The van der Waals surface area contributed by atoms with Crippen LogP contribution in [0.3, 0.4) is 0 Å². The van der Waals surface area contributed by atoms with Crippen molar-refractivity contribution in [2.75, 3.05) is 52.9 Å². The Balaban J connectivity index is 0.000000367. The summed E-state index contributed by atoms with van der Waals surface area (Å²) in [4.78, 5) is 0. The number of alkyl halides is 11. The highest BCUT2D eigenvalue weighted by Crippen LogP contribution is 2.50. The molecule has 14 fully saturated rings. The molecule has 4 aromatic rings. The average molecular weight is 1900 g/mol. The Bertz CT molecular complexity index is 3520. The number of halogens is 16. The lowest BCUT2D eigenvalue weighted by Crippen LogP contribution is -2.57. The highest BCUT2D eigenvalue weighted by atomic mass is 19.3. The fourth-order valence-corrected chi connectivity index (χ4v) is 16.3. The zero-order chi connectivity index (χ0) is 100. The second-order valence-electron chi connectivity index (χ2n) is 42.8. The molecule has 24 heteroatoms. The second kappa shape index (κ2) is 57.2. The van der Waals surface area contributed by atoms with E-state index in [1.807, 2.05) is 54.5 Å². The van der Waals surface area contributed by atoms with Crippen molar-refractivity contribution in [3.63, 3.8) is 0 Å². The van der Waals surface area contributed by atoms with Crippen molar-refractivity contribution in [2.45, 2.75) is 395 Å². The molecule has 0 N–H and O–H groups in total. The van der Waals surface area contributed by atoms with Crippen LogP contribution in [0.25, 0.3) is 0 Å². The average Bonchev–Trinajstić information content (AvgIpc) is 0.790. The lowest BCUT2D eigenvalue weighted by Gasteiger charge is -2.49. The fourth-order valence-electron chi connectivity index (χ4n) is 16.3. The second-order valence-corrected chi connectivity index (χ2v) is 42.8. The molecule has 4 bridgehead atoms. The van der Waals surface area contributed by atoms with Crippen molar-refractivity contribution >= 4 is 0 Å². The van der Waals surface area contributed by atoms with Crippen molar-refractivity contribution in [2.24, 2.45) is 93.7 Å². The van der Waals surface area contributed by atoms with Crippen LogP contribution < -0.4 is 0 Å². The van der Waals surface area contributed by atoms with E-state index in [0.29, 0.717) is 70.8 Å². The van der Waals surface area contributed by atoms with Gasteiger partial charge >= 0.3 is 0 Å². The monoisotopic (exact) mass is 1900 g/mol. The fraction of sp³-hybridized carbons (Fsp3) is 0.778. The van der Waals surface area contributed by atoms with E-state index in [1.54, 1.807) is 59.7 Å². The predicted octanol–water partition coefficient (Wildman–Crippen LogP) is 32.5. The van der Waals surface area contributed by atoms with Gasteiger partial charge in [0.05, 0.1) is 58.3 Å². The lowest BCUT2D eigenvalue weighted by atomic mass is 9.78. The molecule has 6 aliphatic carbocycles. The molecule has 13 atom stereocenters. The first-order valence-electron chi connectivity index (χ1n) is 49.0. The molecule has 8 aliphatic heterocycles. The number of aryl methyl sites for hydroxylation is 7. The van der Waals surface area contributed by atoms with Gasteiger partial charge in [0.1, 0.15) is 48.3 Å². The highest BCUT2D eigenvalue weighted by Gasteiger charge is 2.57. The molecule has 0 aromatic heterocycles. The van der Waals surface area contributed by atoms with Crippen LogP contribution in [-0.4, -0.2) is 126 Å². The maximum absolute atomic E-state index is 12.9. The summed E-state index contributed by atoms with van der Waals surface area (Å²) in [6.07, 6.45) is 13.3. The smallest absolute Gasteiger partial charge is 0.279 e. The summed E-state index contributed by atoms with van der Waals surface area (Å²) < 4.78 is 247. The summed E-state index contributed by atoms with van der Waals surface area (Å²) in [5.74, 6) is -10.9. The predicted molar refractivity (Wildman–Crippen MR) is 503 cm³/mol. The summed E-state index contributed by atoms with van der Waals surface area (Å²) >= 11 is 0. The van der Waals surface area contributed by atoms with E-state index in [-0.39, 0.29) is 64.9 Å². The van der Waals surface area contributed by atoms with E-state index >= 15 is 0 Å². The van der Waals surface area contributed by atoms with Crippen LogP contribution in [0.2, 0.25) is 0 Å². The molecule has 0 spiro atoms. The van der Waals surface area contributed by atoms with Gasteiger partial charge in [-0.15, -0.1) is 0 Å². The van der Waals surface area contributed by atoms with Crippen LogP contribution in [0.15, 0.2) is 66.7 Å². The van der Waals surface area contributed by atoms with Gasteiger partial charge in [-0.25, -0.2) is 70.2 Å². The molecule has 14 aliphatic rings. The maximum atomic E-state index is 12.9. The Kier molecular flexibility index (Phi) is 52.7. The van der Waals surface area contributed by atoms with Crippen molar-refractivity contribution in [3.05, 3.63) is 140 Å². The molecule has 8 saturated heterocycles. The summed E-state index contributed by atoms with van der Waals surface area (Å²) in [5, 5.41) is 0. The van der Waals surface area contributed by atoms with Gasteiger partial charge < -0.3 is 37.9 Å². The summed E-state index contributed by atoms with van der Waals surface area (Å²) in [5.41, 5.74) is 6.15. The third-order valence-corrected chi connectivity index (χ3v) is 27.6. The van der Waals surface area contributed by atoms with Crippen molar-refractivity contribution in [1.29, 1.82) is 0 Å². The SMILES string of the molecule is CC12CCC(C)(OC1)OC2.CC12COC(C)(OC1)OC2.CC1CC(F)(F)C(C)C(F)(F)C1.CC1CC(F)C(C)C(F)C1.CC1CCC(C)C(F)(F)C1.CC1CCC(C)C(F)C1.CC1CCC(C)C(F)C1F.CC1CCC(C)CC1.CC1CCC(C)OC1.CC1COC(C)OC1.Cc1cc(F)c(C)c(F)c1.Cc1ccc(C)c(F)c1.Cc1ccc(C)c(F)c1F.Cc1ccc(C)cc1. The van der Waals surface area contributed by atoms with E-state index in [1.165, 1.54) is 108 Å². The van der Waals surface area contributed by atoms with E-state index in [0.717, 1.165) is 122 Å². The van der Waals surface area contributed by atoms with E-state index in [4.69, 9.17) is 37.9 Å². The molecule has 764 valence electrons. The Labute approximate surface area is 786 Å². The van der Waals surface area contributed by atoms with Gasteiger partial charge in [0.15, 0.2) is 23.7 Å². The molecule has 6 saturated carbocycles. The topological polar surface area (TPSA) is 73.8 Å². The molecule has 0 amide bonds.